The smallest absolute Gasteiger partial charge is 0.273 e. The quantitative estimate of drug-likeness (QED) is 0.523. The van der Waals surface area contributed by atoms with Crippen LogP contribution >= 0.6 is 11.8 Å². The fourth-order valence-electron chi connectivity index (χ4n) is 3.80. The summed E-state index contributed by atoms with van der Waals surface area (Å²) in [5, 5.41) is 0. The molecule has 3 rings (SSSR count). The van der Waals surface area contributed by atoms with Crippen LogP contribution in [0, 0.1) is 13.8 Å². The van der Waals surface area contributed by atoms with Crippen LogP contribution in [0.1, 0.15) is 64.3 Å². The molecule has 0 aliphatic heterocycles. The molecule has 166 valence electrons. The molecular formula is C23H29N3O4S. The largest absolute Gasteiger partial charge is 0.466 e. The number of aryl methyl sites for hydroxylation is 2. The number of nitrogens with one attached hydrogen (secondary N) is 2. The number of hydrazine groups is 1. The van der Waals surface area contributed by atoms with Gasteiger partial charge in [0.25, 0.3) is 11.8 Å². The van der Waals surface area contributed by atoms with Gasteiger partial charge in [0.1, 0.15) is 11.5 Å². The van der Waals surface area contributed by atoms with Crippen molar-refractivity contribution >= 4 is 29.5 Å². The minimum absolute atomic E-state index is 0.0613. The topological polar surface area (TPSA) is 91.7 Å². The van der Waals surface area contributed by atoms with Gasteiger partial charge in [-0.05, 0) is 44.9 Å². The summed E-state index contributed by atoms with van der Waals surface area (Å²) in [5.41, 5.74) is 5.64. The predicted octanol–water partition coefficient (Wildman–Crippen LogP) is 3.85. The molecular weight excluding hydrogens is 414 g/mol. The van der Waals surface area contributed by atoms with E-state index in [1.165, 1.54) is 31.0 Å². The number of nitrogens with zero attached hydrogens (tertiary/aromatic N) is 1. The number of hydrogen-bond acceptors (Lipinski definition) is 5. The molecule has 1 aromatic carbocycles. The summed E-state index contributed by atoms with van der Waals surface area (Å²) in [6.07, 6.45) is 5.69. The van der Waals surface area contributed by atoms with Crippen molar-refractivity contribution in [2.45, 2.75) is 56.9 Å². The first-order chi connectivity index (χ1) is 14.9. The van der Waals surface area contributed by atoms with Crippen LogP contribution in [-0.2, 0) is 4.79 Å². The van der Waals surface area contributed by atoms with Crippen LogP contribution in [0.15, 0.2) is 39.6 Å². The Bertz CT molecular complexity index is 950. The van der Waals surface area contributed by atoms with Crippen LogP contribution in [0.4, 0.5) is 0 Å². The molecule has 1 aliphatic rings. The zero-order valence-electron chi connectivity index (χ0n) is 18.2. The molecule has 2 aromatic rings. The van der Waals surface area contributed by atoms with E-state index >= 15 is 0 Å². The minimum Gasteiger partial charge on any atom is -0.466 e. The van der Waals surface area contributed by atoms with Crippen molar-refractivity contribution in [3.05, 3.63) is 53.0 Å². The maximum absolute atomic E-state index is 12.7. The maximum atomic E-state index is 12.7. The highest BCUT2D eigenvalue weighted by molar-refractivity contribution is 8.00. The average Bonchev–Trinajstić information content (AvgIpc) is 3.13. The van der Waals surface area contributed by atoms with E-state index in [9.17, 15) is 14.4 Å². The van der Waals surface area contributed by atoms with Gasteiger partial charge >= 0.3 is 0 Å². The van der Waals surface area contributed by atoms with E-state index in [4.69, 9.17) is 4.42 Å². The summed E-state index contributed by atoms with van der Waals surface area (Å²) in [6, 6.07) is 8.98. The van der Waals surface area contributed by atoms with Crippen molar-refractivity contribution < 1.29 is 18.8 Å². The van der Waals surface area contributed by atoms with Gasteiger partial charge in [-0.25, -0.2) is 0 Å². The van der Waals surface area contributed by atoms with E-state index in [-0.39, 0.29) is 11.7 Å². The molecule has 0 radical (unpaired) electrons. The van der Waals surface area contributed by atoms with Gasteiger partial charge in [0, 0.05) is 18.0 Å². The van der Waals surface area contributed by atoms with Gasteiger partial charge in [0.05, 0.1) is 16.9 Å². The first kappa shape index (κ1) is 22.9. The molecule has 1 aromatic heterocycles. The number of benzene rings is 1. The Labute approximate surface area is 186 Å². The fourth-order valence-corrected chi connectivity index (χ4v) is 4.77. The third-order valence-corrected chi connectivity index (χ3v) is 6.63. The zero-order valence-corrected chi connectivity index (χ0v) is 19.0. The van der Waals surface area contributed by atoms with Crippen LogP contribution in [0.5, 0.6) is 0 Å². The third kappa shape index (κ3) is 5.91. The summed E-state index contributed by atoms with van der Waals surface area (Å²) < 4.78 is 5.35. The van der Waals surface area contributed by atoms with Crippen LogP contribution in [0.25, 0.3) is 0 Å². The minimum atomic E-state index is -0.447. The summed E-state index contributed by atoms with van der Waals surface area (Å²) in [4.78, 5) is 40.1. The van der Waals surface area contributed by atoms with Gasteiger partial charge < -0.3 is 9.32 Å². The van der Waals surface area contributed by atoms with Crippen molar-refractivity contribution in [2.75, 3.05) is 12.8 Å². The highest BCUT2D eigenvalue weighted by Crippen LogP contribution is 2.25. The van der Waals surface area contributed by atoms with E-state index in [1.807, 2.05) is 18.0 Å². The second kappa shape index (κ2) is 10.5. The Balaban J connectivity index is 1.57. The molecule has 0 unspecified atom stereocenters. The molecule has 8 heteroatoms. The van der Waals surface area contributed by atoms with Gasteiger partial charge in [-0.2, -0.15) is 0 Å². The number of carbonyl (C=O) groups excluding carboxylic acids is 3. The molecule has 1 aliphatic carbocycles. The number of rotatable bonds is 6. The summed E-state index contributed by atoms with van der Waals surface area (Å²) in [5.74, 6) is 0.544. The summed E-state index contributed by atoms with van der Waals surface area (Å²) >= 11 is 1.33. The molecule has 1 fully saturated rings. The van der Waals surface area contributed by atoms with E-state index in [0.29, 0.717) is 33.6 Å². The first-order valence-electron chi connectivity index (χ1n) is 10.5. The Hall–Kier alpha value is -2.74. The van der Waals surface area contributed by atoms with Gasteiger partial charge in [0.2, 0.25) is 5.91 Å². The fraction of sp³-hybridized carbons (Fsp3) is 0.435. The molecule has 31 heavy (non-hydrogen) atoms. The number of amides is 3. The standard InChI is InChI=1S/C23H29N3O4S/c1-15-13-19(16(2)30-15)23(29)25-24-22(28)18-11-7-8-12-20(18)31-14-21(27)26(3)17-9-5-4-6-10-17/h7-8,11-13,17H,4-6,9-10,14H2,1-3H3,(H,24,28)(H,25,29). The number of carbonyl (C=O) groups is 3. The lowest BCUT2D eigenvalue weighted by Gasteiger charge is -2.31. The monoisotopic (exact) mass is 443 g/mol. The Kier molecular flexibility index (Phi) is 7.79. The lowest BCUT2D eigenvalue weighted by Crippen LogP contribution is -2.42. The average molecular weight is 444 g/mol. The lowest BCUT2D eigenvalue weighted by molar-refractivity contribution is -0.129. The van der Waals surface area contributed by atoms with Gasteiger partial charge in [-0.1, -0.05) is 31.4 Å². The molecule has 7 nitrogen and oxygen atoms in total. The third-order valence-electron chi connectivity index (χ3n) is 5.57. The van der Waals surface area contributed by atoms with Crippen LogP contribution in [0.3, 0.4) is 0 Å². The lowest BCUT2D eigenvalue weighted by atomic mass is 9.94. The molecule has 1 heterocycles. The summed E-state index contributed by atoms with van der Waals surface area (Å²) in [7, 11) is 1.87. The Morgan fingerprint density at radius 1 is 1.03 bits per heavy atom. The van der Waals surface area contributed by atoms with Crippen LogP contribution in [-0.4, -0.2) is 41.5 Å². The second-order valence-electron chi connectivity index (χ2n) is 7.82. The number of hydrogen-bond donors (Lipinski definition) is 2. The summed E-state index contributed by atoms with van der Waals surface area (Å²) in [6.45, 7) is 3.44. The van der Waals surface area contributed by atoms with Crippen LogP contribution in [0.2, 0.25) is 0 Å². The van der Waals surface area contributed by atoms with Gasteiger partial charge in [0.15, 0.2) is 0 Å². The van der Waals surface area contributed by atoms with Crippen molar-refractivity contribution in [1.82, 2.24) is 15.8 Å². The number of furan rings is 1. The molecule has 1 saturated carbocycles. The van der Waals surface area contributed by atoms with Crippen LogP contribution < -0.4 is 10.9 Å². The molecule has 0 atom stereocenters. The van der Waals surface area contributed by atoms with Gasteiger partial charge in [-0.15, -0.1) is 11.8 Å². The normalized spacial score (nSPS) is 14.2. The van der Waals surface area contributed by atoms with E-state index in [0.717, 1.165) is 12.8 Å². The van der Waals surface area contributed by atoms with E-state index in [2.05, 4.69) is 10.9 Å². The highest BCUT2D eigenvalue weighted by atomic mass is 32.2. The van der Waals surface area contributed by atoms with Crippen molar-refractivity contribution in [3.63, 3.8) is 0 Å². The van der Waals surface area contributed by atoms with Crippen molar-refractivity contribution in [1.29, 1.82) is 0 Å². The van der Waals surface area contributed by atoms with Crippen molar-refractivity contribution in [2.24, 2.45) is 0 Å². The molecule has 0 saturated heterocycles. The highest BCUT2D eigenvalue weighted by Gasteiger charge is 2.23. The Morgan fingerprint density at radius 2 is 1.68 bits per heavy atom. The van der Waals surface area contributed by atoms with Gasteiger partial charge in [-0.3, -0.25) is 25.2 Å². The van der Waals surface area contributed by atoms with E-state index in [1.54, 1.807) is 38.1 Å². The van der Waals surface area contributed by atoms with Crippen molar-refractivity contribution in [3.8, 4) is 0 Å². The Morgan fingerprint density at radius 3 is 2.32 bits per heavy atom. The molecule has 2 N–H and O–H groups in total. The molecule has 3 amide bonds. The zero-order chi connectivity index (χ0) is 22.4. The maximum Gasteiger partial charge on any atom is 0.273 e. The predicted molar refractivity (Wildman–Crippen MR) is 120 cm³/mol. The number of thioether (sulfide) groups is 1. The molecule has 0 bridgehead atoms. The first-order valence-corrected chi connectivity index (χ1v) is 11.5. The molecule has 0 spiro atoms. The second-order valence-corrected chi connectivity index (χ2v) is 8.83. The van der Waals surface area contributed by atoms with E-state index < -0.39 is 11.8 Å². The SMILES string of the molecule is Cc1cc(C(=O)NNC(=O)c2ccccc2SCC(=O)N(C)C2CCCCC2)c(C)o1.